The summed E-state index contributed by atoms with van der Waals surface area (Å²) in [4.78, 5) is 0.171. The predicted octanol–water partition coefficient (Wildman–Crippen LogP) is 4.27. The zero-order chi connectivity index (χ0) is 15.4. The molecule has 2 aromatic rings. The third kappa shape index (κ3) is 4.02. The van der Waals surface area contributed by atoms with Crippen LogP contribution < -0.4 is 11.1 Å². The standard InChI is InChI=1S/C16H16BrFN2S/c1-10(9-11-5-3-2-4-6-11)20-13-8-7-12(16(19)21)14(17)15(13)18/h2-8,10,20H,9H2,1H3,(H2,19,21). The fraction of sp³-hybridized carbons (Fsp3) is 0.188. The molecule has 5 heteroatoms. The van der Waals surface area contributed by atoms with E-state index in [-0.39, 0.29) is 16.8 Å². The average molecular weight is 367 g/mol. The average Bonchev–Trinajstić information content (AvgIpc) is 2.44. The minimum atomic E-state index is -0.375. The van der Waals surface area contributed by atoms with E-state index >= 15 is 0 Å². The van der Waals surface area contributed by atoms with Crippen molar-refractivity contribution < 1.29 is 4.39 Å². The number of hydrogen-bond acceptors (Lipinski definition) is 2. The lowest BCUT2D eigenvalue weighted by Gasteiger charge is -2.17. The van der Waals surface area contributed by atoms with Gasteiger partial charge in [0.1, 0.15) is 4.99 Å². The van der Waals surface area contributed by atoms with Crippen LogP contribution in [0.25, 0.3) is 0 Å². The number of hydrogen-bond donors (Lipinski definition) is 2. The number of benzene rings is 2. The molecule has 2 aromatic carbocycles. The number of nitrogens with two attached hydrogens (primary N) is 1. The molecule has 2 rings (SSSR count). The molecule has 2 nitrogen and oxygen atoms in total. The van der Waals surface area contributed by atoms with Crippen molar-refractivity contribution in [1.29, 1.82) is 0 Å². The molecule has 3 N–H and O–H groups in total. The van der Waals surface area contributed by atoms with Crippen LogP contribution in [-0.4, -0.2) is 11.0 Å². The van der Waals surface area contributed by atoms with Crippen molar-refractivity contribution in [1.82, 2.24) is 0 Å². The molecule has 0 aliphatic heterocycles. The number of halogens is 2. The lowest BCUT2D eigenvalue weighted by Crippen LogP contribution is -2.19. The van der Waals surface area contributed by atoms with E-state index in [4.69, 9.17) is 18.0 Å². The van der Waals surface area contributed by atoms with Crippen LogP contribution in [0.4, 0.5) is 10.1 Å². The maximum Gasteiger partial charge on any atom is 0.161 e. The van der Waals surface area contributed by atoms with E-state index in [2.05, 4.69) is 33.4 Å². The second-order valence-corrected chi connectivity index (χ2v) is 6.12. The fourth-order valence-corrected chi connectivity index (χ4v) is 3.00. The molecule has 0 bridgehead atoms. The van der Waals surface area contributed by atoms with E-state index in [0.29, 0.717) is 15.7 Å². The van der Waals surface area contributed by atoms with Crippen molar-refractivity contribution in [3.63, 3.8) is 0 Å². The topological polar surface area (TPSA) is 38.0 Å². The molecule has 0 aliphatic rings. The molecule has 110 valence electrons. The van der Waals surface area contributed by atoms with Crippen LogP contribution in [0.15, 0.2) is 46.9 Å². The van der Waals surface area contributed by atoms with Crippen molar-refractivity contribution in [2.24, 2.45) is 5.73 Å². The van der Waals surface area contributed by atoms with E-state index in [9.17, 15) is 4.39 Å². The van der Waals surface area contributed by atoms with Crippen LogP contribution in [0.5, 0.6) is 0 Å². The second kappa shape index (κ2) is 7.00. The summed E-state index contributed by atoms with van der Waals surface area (Å²) in [6.45, 7) is 2.02. The summed E-state index contributed by atoms with van der Waals surface area (Å²) < 4.78 is 14.6. The highest BCUT2D eigenvalue weighted by Crippen LogP contribution is 2.27. The van der Waals surface area contributed by atoms with Crippen molar-refractivity contribution >= 4 is 38.8 Å². The van der Waals surface area contributed by atoms with Gasteiger partial charge in [0.25, 0.3) is 0 Å². The van der Waals surface area contributed by atoms with Gasteiger partial charge in [0.05, 0.1) is 10.2 Å². The normalized spacial score (nSPS) is 12.0. The third-order valence-corrected chi connectivity index (χ3v) is 4.13. The van der Waals surface area contributed by atoms with E-state index in [1.165, 1.54) is 5.56 Å². The first-order valence-electron chi connectivity index (χ1n) is 6.57. The first-order valence-corrected chi connectivity index (χ1v) is 7.77. The van der Waals surface area contributed by atoms with Crippen LogP contribution in [0.1, 0.15) is 18.1 Å². The van der Waals surface area contributed by atoms with Crippen LogP contribution in [0, 0.1) is 5.82 Å². The van der Waals surface area contributed by atoms with E-state index in [0.717, 1.165) is 6.42 Å². The molecule has 0 fully saturated rings. The van der Waals surface area contributed by atoms with E-state index < -0.39 is 0 Å². The van der Waals surface area contributed by atoms with E-state index in [1.807, 2.05) is 25.1 Å². The first-order chi connectivity index (χ1) is 9.99. The lowest BCUT2D eigenvalue weighted by molar-refractivity contribution is 0.619. The van der Waals surface area contributed by atoms with Gasteiger partial charge >= 0.3 is 0 Å². The molecular formula is C16H16BrFN2S. The molecule has 0 saturated heterocycles. The van der Waals surface area contributed by atoms with Crippen LogP contribution in [0.2, 0.25) is 0 Å². The van der Waals surface area contributed by atoms with Crippen LogP contribution >= 0.6 is 28.1 Å². The summed E-state index contributed by atoms with van der Waals surface area (Å²) in [6.07, 6.45) is 0.814. The number of nitrogens with one attached hydrogen (secondary N) is 1. The van der Waals surface area contributed by atoms with Gasteiger partial charge in [0.2, 0.25) is 0 Å². The van der Waals surface area contributed by atoms with Crippen molar-refractivity contribution in [2.75, 3.05) is 5.32 Å². The zero-order valence-corrected chi connectivity index (χ0v) is 14.0. The molecule has 1 atom stereocenters. The van der Waals surface area contributed by atoms with Crippen LogP contribution in [0.3, 0.4) is 0 Å². The smallest absolute Gasteiger partial charge is 0.161 e. The van der Waals surface area contributed by atoms with Gasteiger partial charge in [-0.2, -0.15) is 0 Å². The SMILES string of the molecule is CC(Cc1ccccc1)Nc1ccc(C(N)=S)c(Br)c1F. The highest BCUT2D eigenvalue weighted by atomic mass is 79.9. The second-order valence-electron chi connectivity index (χ2n) is 4.89. The Hall–Kier alpha value is -1.46. The number of rotatable bonds is 5. The molecule has 0 aliphatic carbocycles. The summed E-state index contributed by atoms with van der Waals surface area (Å²) in [6, 6.07) is 13.6. The molecular weight excluding hydrogens is 351 g/mol. The summed E-state index contributed by atoms with van der Waals surface area (Å²) in [5, 5.41) is 3.18. The number of thiocarbonyl (C=S) groups is 1. The molecule has 0 aromatic heterocycles. The molecule has 0 heterocycles. The Bertz CT molecular complexity index is 646. The monoisotopic (exact) mass is 366 g/mol. The van der Waals surface area contributed by atoms with Gasteiger partial charge in [-0.25, -0.2) is 4.39 Å². The fourth-order valence-electron chi connectivity index (χ4n) is 2.14. The largest absolute Gasteiger partial charge is 0.389 e. The quantitative estimate of drug-likeness (QED) is 0.776. The van der Waals surface area contributed by atoms with Crippen molar-refractivity contribution in [2.45, 2.75) is 19.4 Å². The summed E-state index contributed by atoms with van der Waals surface area (Å²) >= 11 is 8.09. The van der Waals surface area contributed by atoms with Gasteiger partial charge in [-0.1, -0.05) is 42.5 Å². The molecule has 0 saturated carbocycles. The molecule has 0 spiro atoms. The highest BCUT2D eigenvalue weighted by Gasteiger charge is 2.14. The zero-order valence-electron chi connectivity index (χ0n) is 11.6. The maximum absolute atomic E-state index is 14.3. The maximum atomic E-state index is 14.3. The van der Waals surface area contributed by atoms with Crippen molar-refractivity contribution in [3.8, 4) is 0 Å². The van der Waals surface area contributed by atoms with Gasteiger partial charge in [-0.05, 0) is 47.0 Å². The number of anilines is 1. The minimum Gasteiger partial charge on any atom is -0.389 e. The predicted molar refractivity (Wildman–Crippen MR) is 93.2 cm³/mol. The summed E-state index contributed by atoms with van der Waals surface area (Å²) in [5.74, 6) is -0.375. The Morgan fingerprint density at radius 2 is 1.95 bits per heavy atom. The third-order valence-electron chi connectivity index (χ3n) is 3.13. The first kappa shape index (κ1) is 15.9. The molecule has 1 unspecified atom stereocenters. The van der Waals surface area contributed by atoms with E-state index in [1.54, 1.807) is 12.1 Å². The lowest BCUT2D eigenvalue weighted by atomic mass is 10.1. The Balaban J connectivity index is 2.13. The van der Waals surface area contributed by atoms with Crippen molar-refractivity contribution in [3.05, 3.63) is 63.9 Å². The Kier molecular flexibility index (Phi) is 5.31. The Labute approximate surface area is 137 Å². The highest BCUT2D eigenvalue weighted by molar-refractivity contribution is 9.10. The minimum absolute atomic E-state index is 0.101. The molecule has 0 amide bonds. The van der Waals surface area contributed by atoms with Crippen LogP contribution in [-0.2, 0) is 6.42 Å². The molecule has 0 radical (unpaired) electrons. The van der Waals surface area contributed by atoms with Gasteiger partial charge in [-0.15, -0.1) is 0 Å². The summed E-state index contributed by atoms with van der Waals surface area (Å²) in [7, 11) is 0. The van der Waals surface area contributed by atoms with Gasteiger partial charge < -0.3 is 11.1 Å². The Morgan fingerprint density at radius 3 is 2.57 bits per heavy atom. The molecule has 21 heavy (non-hydrogen) atoms. The Morgan fingerprint density at radius 1 is 1.29 bits per heavy atom. The van der Waals surface area contributed by atoms with Gasteiger partial charge in [0.15, 0.2) is 5.82 Å². The summed E-state index contributed by atoms with van der Waals surface area (Å²) in [5.41, 5.74) is 7.70. The van der Waals surface area contributed by atoms with Gasteiger partial charge in [-0.3, -0.25) is 0 Å². The van der Waals surface area contributed by atoms with Gasteiger partial charge in [0, 0.05) is 11.6 Å².